The van der Waals surface area contributed by atoms with Crippen molar-refractivity contribution in [1.82, 2.24) is 4.98 Å². The van der Waals surface area contributed by atoms with Crippen LogP contribution in [-0.4, -0.2) is 31.2 Å². The van der Waals surface area contributed by atoms with Crippen molar-refractivity contribution in [3.05, 3.63) is 24.3 Å². The van der Waals surface area contributed by atoms with Gasteiger partial charge in [-0.15, -0.1) is 0 Å². The Balaban J connectivity index is 1.82. The van der Waals surface area contributed by atoms with Gasteiger partial charge in [0.05, 0.1) is 5.69 Å². The van der Waals surface area contributed by atoms with Gasteiger partial charge >= 0.3 is 0 Å². The van der Waals surface area contributed by atoms with Gasteiger partial charge < -0.3 is 14.8 Å². The lowest BCUT2D eigenvalue weighted by atomic mass is 10.1. The second kappa shape index (κ2) is 5.04. The smallest absolute Gasteiger partial charge is 0.131 e. The fraction of sp³-hybridized carbons (Fsp3) is 0.529. The van der Waals surface area contributed by atoms with Crippen molar-refractivity contribution in [2.24, 2.45) is 0 Å². The summed E-state index contributed by atoms with van der Waals surface area (Å²) in [4.78, 5) is 8.85. The molecular formula is C17H23N3. The molecule has 1 aromatic heterocycles. The van der Waals surface area contributed by atoms with Gasteiger partial charge in [0.1, 0.15) is 5.82 Å². The topological polar surface area (TPSA) is 22.3 Å². The highest BCUT2D eigenvalue weighted by Crippen LogP contribution is 2.39. The van der Waals surface area contributed by atoms with Crippen molar-refractivity contribution in [3.8, 4) is 0 Å². The monoisotopic (exact) mass is 269 g/mol. The lowest BCUT2D eigenvalue weighted by Gasteiger charge is -2.30. The number of para-hydroxylation sites is 1. The Labute approximate surface area is 120 Å². The molecule has 3 heterocycles. The van der Waals surface area contributed by atoms with Crippen LogP contribution in [0.25, 0.3) is 10.9 Å². The summed E-state index contributed by atoms with van der Waals surface area (Å²) >= 11 is 0. The molecule has 2 fully saturated rings. The molecule has 0 bridgehead atoms. The van der Waals surface area contributed by atoms with E-state index in [2.05, 4.69) is 39.0 Å². The van der Waals surface area contributed by atoms with E-state index in [1.54, 1.807) is 0 Å². The van der Waals surface area contributed by atoms with E-state index in [4.69, 9.17) is 0 Å². The number of nitrogens with one attached hydrogen (secondary N) is 1. The number of rotatable bonds is 2. The molecule has 1 N–H and O–H groups in total. The van der Waals surface area contributed by atoms with Crippen molar-refractivity contribution in [1.29, 1.82) is 0 Å². The molecular weight excluding hydrogens is 246 g/mol. The minimum absolute atomic E-state index is 1.20. The third kappa shape index (κ3) is 1.96. The molecule has 1 aromatic carbocycles. The van der Waals surface area contributed by atoms with Crippen LogP contribution in [0.2, 0.25) is 0 Å². The Hall–Kier alpha value is -1.64. The van der Waals surface area contributed by atoms with E-state index in [0.717, 1.165) is 0 Å². The predicted molar refractivity (Wildman–Crippen MR) is 85.8 cm³/mol. The molecule has 0 amide bonds. The van der Waals surface area contributed by atoms with E-state index >= 15 is 0 Å². The second-order valence-electron chi connectivity index (χ2n) is 6.11. The molecule has 0 unspecified atom stereocenters. The number of benzene rings is 1. The molecule has 2 aliphatic heterocycles. The van der Waals surface area contributed by atoms with Crippen molar-refractivity contribution < 1.29 is 0 Å². The first-order chi connectivity index (χ1) is 9.93. The number of anilines is 2. The van der Waals surface area contributed by atoms with Crippen LogP contribution in [0.5, 0.6) is 0 Å². The van der Waals surface area contributed by atoms with Crippen LogP contribution in [-0.2, 0) is 0 Å². The summed E-state index contributed by atoms with van der Waals surface area (Å²) in [5.41, 5.74) is 2.75. The normalized spacial score (nSPS) is 20.0. The Morgan fingerprint density at radius 3 is 2.20 bits per heavy atom. The maximum absolute atomic E-state index is 3.70. The number of hydrogen-bond acceptors (Lipinski definition) is 2. The fourth-order valence-corrected chi connectivity index (χ4v) is 3.72. The van der Waals surface area contributed by atoms with E-state index < -0.39 is 0 Å². The molecule has 4 rings (SSSR count). The van der Waals surface area contributed by atoms with E-state index in [-0.39, 0.29) is 0 Å². The lowest BCUT2D eigenvalue weighted by Crippen LogP contribution is -2.31. The molecule has 2 saturated heterocycles. The summed E-state index contributed by atoms with van der Waals surface area (Å²) in [6, 6.07) is 8.78. The van der Waals surface area contributed by atoms with Gasteiger partial charge in [-0.3, -0.25) is 0 Å². The second-order valence-corrected chi connectivity index (χ2v) is 6.11. The summed E-state index contributed by atoms with van der Waals surface area (Å²) in [6.07, 6.45) is 6.71. The van der Waals surface area contributed by atoms with Crippen molar-refractivity contribution in [2.75, 3.05) is 36.0 Å². The van der Waals surface area contributed by atoms with Gasteiger partial charge in [0.25, 0.3) is 0 Å². The van der Waals surface area contributed by atoms with E-state index in [1.807, 2.05) is 0 Å². The van der Waals surface area contributed by atoms with Gasteiger partial charge in [-0.05, 0) is 38.2 Å². The highest BCUT2D eigenvalue weighted by Gasteiger charge is 2.24. The zero-order valence-electron chi connectivity index (χ0n) is 12.1. The number of H-pyrrole nitrogens is 1. The molecule has 0 aliphatic carbocycles. The highest BCUT2D eigenvalue weighted by molar-refractivity contribution is 6.00. The molecule has 0 radical (unpaired) electrons. The van der Waals surface area contributed by atoms with E-state index in [0.29, 0.717) is 0 Å². The Morgan fingerprint density at radius 2 is 1.40 bits per heavy atom. The SMILES string of the molecule is c1ccc2c(N3CCCC3)c(N3CCCCC3)[nH]c2c1. The van der Waals surface area contributed by atoms with Gasteiger partial charge in [0, 0.05) is 37.1 Å². The van der Waals surface area contributed by atoms with Gasteiger partial charge in [0.2, 0.25) is 0 Å². The quantitative estimate of drug-likeness (QED) is 0.897. The molecule has 3 nitrogen and oxygen atoms in total. The van der Waals surface area contributed by atoms with Crippen molar-refractivity contribution >= 4 is 22.4 Å². The number of piperidine rings is 1. The van der Waals surface area contributed by atoms with Gasteiger partial charge in [0.15, 0.2) is 0 Å². The third-order valence-corrected chi connectivity index (χ3v) is 4.75. The molecule has 20 heavy (non-hydrogen) atoms. The highest BCUT2D eigenvalue weighted by atomic mass is 15.3. The zero-order chi connectivity index (χ0) is 13.4. The van der Waals surface area contributed by atoms with Crippen LogP contribution in [0.3, 0.4) is 0 Å². The predicted octanol–water partition coefficient (Wildman–Crippen LogP) is 3.76. The molecule has 3 heteroatoms. The molecule has 0 saturated carbocycles. The van der Waals surface area contributed by atoms with E-state index in [1.165, 1.54) is 80.7 Å². The van der Waals surface area contributed by atoms with Crippen LogP contribution in [0.1, 0.15) is 32.1 Å². The molecule has 0 spiro atoms. The first-order valence-electron chi connectivity index (χ1n) is 8.04. The van der Waals surface area contributed by atoms with Crippen LogP contribution in [0.15, 0.2) is 24.3 Å². The maximum Gasteiger partial charge on any atom is 0.131 e. The minimum atomic E-state index is 1.20. The van der Waals surface area contributed by atoms with Gasteiger partial charge in [-0.2, -0.15) is 0 Å². The van der Waals surface area contributed by atoms with E-state index in [9.17, 15) is 0 Å². The Bertz CT molecular complexity index is 589. The summed E-state index contributed by atoms with van der Waals surface area (Å²) in [7, 11) is 0. The number of hydrogen-bond donors (Lipinski definition) is 1. The zero-order valence-corrected chi connectivity index (χ0v) is 12.1. The van der Waals surface area contributed by atoms with Crippen LogP contribution < -0.4 is 9.80 Å². The number of nitrogens with zero attached hydrogens (tertiary/aromatic N) is 2. The molecule has 2 aliphatic rings. The Kier molecular flexibility index (Phi) is 3.06. The average molecular weight is 269 g/mol. The third-order valence-electron chi connectivity index (χ3n) is 4.75. The largest absolute Gasteiger partial charge is 0.368 e. The first kappa shape index (κ1) is 12.1. The van der Waals surface area contributed by atoms with Crippen LogP contribution >= 0.6 is 0 Å². The van der Waals surface area contributed by atoms with Gasteiger partial charge in [-0.1, -0.05) is 18.2 Å². The first-order valence-corrected chi connectivity index (χ1v) is 8.04. The summed E-state index contributed by atoms with van der Waals surface area (Å²) in [5, 5.41) is 1.40. The summed E-state index contributed by atoms with van der Waals surface area (Å²) in [6.45, 7) is 4.83. The number of aromatic nitrogens is 1. The maximum atomic E-state index is 3.70. The van der Waals surface area contributed by atoms with Crippen molar-refractivity contribution in [3.63, 3.8) is 0 Å². The Morgan fingerprint density at radius 1 is 0.750 bits per heavy atom. The van der Waals surface area contributed by atoms with Crippen LogP contribution in [0, 0.1) is 0 Å². The van der Waals surface area contributed by atoms with Crippen LogP contribution in [0.4, 0.5) is 11.5 Å². The average Bonchev–Trinajstić information content (AvgIpc) is 3.14. The summed E-state index contributed by atoms with van der Waals surface area (Å²) in [5.74, 6) is 1.37. The fourth-order valence-electron chi connectivity index (χ4n) is 3.72. The molecule has 106 valence electrons. The number of aromatic amines is 1. The summed E-state index contributed by atoms with van der Waals surface area (Å²) < 4.78 is 0. The lowest BCUT2D eigenvalue weighted by molar-refractivity contribution is 0.574. The number of fused-ring (bicyclic) bond motifs is 1. The minimum Gasteiger partial charge on any atom is -0.368 e. The molecule has 0 atom stereocenters. The van der Waals surface area contributed by atoms with Crippen molar-refractivity contribution in [2.45, 2.75) is 32.1 Å². The standard InChI is InChI=1S/C17H23N3/c1-4-12-20(13-5-1)17-16(19-10-6-7-11-19)14-8-2-3-9-15(14)18-17/h2-3,8-9,18H,1,4-7,10-13H2. The van der Waals surface area contributed by atoms with Gasteiger partial charge in [-0.25, -0.2) is 0 Å². The molecule has 2 aromatic rings.